The Labute approximate surface area is 181 Å². The van der Waals surface area contributed by atoms with E-state index in [-0.39, 0.29) is 28.2 Å². The van der Waals surface area contributed by atoms with Crippen LogP contribution in [0.1, 0.15) is 5.56 Å². The summed E-state index contributed by atoms with van der Waals surface area (Å²) in [4.78, 5) is 12.6. The molecule has 32 heavy (non-hydrogen) atoms. The quantitative estimate of drug-likeness (QED) is 0.329. The zero-order chi connectivity index (χ0) is 23.2. The molecule has 0 amide bonds. The van der Waals surface area contributed by atoms with Crippen molar-refractivity contribution in [3.8, 4) is 28.6 Å². The average Bonchev–Trinajstić information content (AvgIpc) is 2.75. The molecule has 10 heteroatoms. The third kappa shape index (κ3) is 3.90. The molecule has 6 N–H and O–H groups in total. The van der Waals surface area contributed by atoms with E-state index >= 15 is 0 Å². The van der Waals surface area contributed by atoms with Crippen molar-refractivity contribution < 1.29 is 44.5 Å². The minimum Gasteiger partial charge on any atom is -0.508 e. The zero-order valence-electron chi connectivity index (χ0n) is 16.9. The number of fused-ring (bicyclic) bond motifs is 1. The third-order valence-electron chi connectivity index (χ3n) is 5.37. The Morgan fingerprint density at radius 3 is 2.41 bits per heavy atom. The molecule has 1 fully saturated rings. The first-order chi connectivity index (χ1) is 15.2. The fourth-order valence-corrected chi connectivity index (χ4v) is 3.56. The molecule has 0 saturated carbocycles. The van der Waals surface area contributed by atoms with E-state index in [9.17, 15) is 35.4 Å². The van der Waals surface area contributed by atoms with E-state index in [2.05, 4.69) is 0 Å². The lowest BCUT2D eigenvalue weighted by Gasteiger charge is -2.39. The molecule has 170 valence electrons. The van der Waals surface area contributed by atoms with E-state index in [1.807, 2.05) is 0 Å². The number of hydrogen-bond donors (Lipinski definition) is 6. The molecule has 10 nitrogen and oxygen atoms in total. The molecule has 2 aromatic carbocycles. The van der Waals surface area contributed by atoms with Crippen LogP contribution in [0, 0.1) is 6.92 Å². The molecule has 1 aliphatic heterocycles. The Bertz CT molecular complexity index is 1200. The monoisotopic (exact) mass is 446 g/mol. The van der Waals surface area contributed by atoms with Crippen LogP contribution in [-0.4, -0.2) is 68.0 Å². The van der Waals surface area contributed by atoms with Gasteiger partial charge in [-0.15, -0.1) is 0 Å². The first kappa shape index (κ1) is 22.1. The standard InChI is InChI=1S/C22H22O10/c1-9-4-10(2-3-12(9)24)15-7-14(26)18-13(25)5-11(6-16(18)31-15)30-22-21(29)20(28)19(27)17(8-23)32-22/h2-7,17,19-25,27-29H,8H2,1H3. The highest BCUT2D eigenvalue weighted by molar-refractivity contribution is 5.86. The van der Waals surface area contributed by atoms with Gasteiger partial charge >= 0.3 is 0 Å². The highest BCUT2D eigenvalue weighted by Crippen LogP contribution is 2.33. The molecule has 0 radical (unpaired) electrons. The second-order valence-corrected chi connectivity index (χ2v) is 7.61. The van der Waals surface area contributed by atoms with Crippen LogP contribution in [0.5, 0.6) is 17.2 Å². The minimum absolute atomic E-state index is 0.0159. The van der Waals surface area contributed by atoms with E-state index in [1.54, 1.807) is 19.1 Å². The Balaban J connectivity index is 1.72. The SMILES string of the molecule is Cc1cc(-c2cc(=O)c3c(O)cc(OC4OC(CO)C(O)C(O)C4O)cc3o2)ccc1O. The van der Waals surface area contributed by atoms with E-state index in [0.29, 0.717) is 11.1 Å². The van der Waals surface area contributed by atoms with E-state index < -0.39 is 48.5 Å². The number of ether oxygens (including phenoxy) is 2. The third-order valence-corrected chi connectivity index (χ3v) is 5.37. The normalized spacial score (nSPS) is 25.7. The highest BCUT2D eigenvalue weighted by Gasteiger charge is 2.44. The van der Waals surface area contributed by atoms with Gasteiger partial charge in [-0.2, -0.15) is 0 Å². The van der Waals surface area contributed by atoms with E-state index in [4.69, 9.17) is 13.9 Å². The van der Waals surface area contributed by atoms with E-state index in [0.717, 1.165) is 6.07 Å². The molecule has 0 spiro atoms. The Morgan fingerprint density at radius 2 is 1.72 bits per heavy atom. The molecule has 4 rings (SSSR count). The summed E-state index contributed by atoms with van der Waals surface area (Å²) in [5.41, 5.74) is 0.577. The summed E-state index contributed by atoms with van der Waals surface area (Å²) in [6.45, 7) is 1.06. The summed E-state index contributed by atoms with van der Waals surface area (Å²) in [6, 6.07) is 8.30. The fourth-order valence-electron chi connectivity index (χ4n) is 3.56. The predicted octanol–water partition coefficient (Wildman–Crippen LogP) is 0.358. The number of aromatic hydroxyl groups is 2. The second kappa shape index (κ2) is 8.41. The van der Waals surface area contributed by atoms with Crippen molar-refractivity contribution in [1.29, 1.82) is 0 Å². The van der Waals surface area contributed by atoms with Crippen molar-refractivity contribution in [2.45, 2.75) is 37.6 Å². The molecule has 1 aromatic heterocycles. The summed E-state index contributed by atoms with van der Waals surface area (Å²) in [5, 5.41) is 59.2. The maximum atomic E-state index is 12.6. The average molecular weight is 446 g/mol. The van der Waals surface area contributed by atoms with Crippen molar-refractivity contribution in [3.05, 3.63) is 52.2 Å². The summed E-state index contributed by atoms with van der Waals surface area (Å²) in [6.07, 6.45) is -7.48. The number of benzene rings is 2. The smallest absolute Gasteiger partial charge is 0.229 e. The topological polar surface area (TPSA) is 170 Å². The van der Waals surface area contributed by atoms with Gasteiger partial charge in [0.15, 0.2) is 5.43 Å². The van der Waals surface area contributed by atoms with Gasteiger partial charge in [-0.3, -0.25) is 4.79 Å². The van der Waals surface area contributed by atoms with Gasteiger partial charge in [0.1, 0.15) is 58.4 Å². The van der Waals surface area contributed by atoms with Gasteiger partial charge in [0.25, 0.3) is 0 Å². The zero-order valence-corrected chi connectivity index (χ0v) is 16.9. The van der Waals surface area contributed by atoms with Gasteiger partial charge in [-0.1, -0.05) is 0 Å². The van der Waals surface area contributed by atoms with E-state index in [1.165, 1.54) is 18.2 Å². The van der Waals surface area contributed by atoms with Crippen molar-refractivity contribution in [2.75, 3.05) is 6.61 Å². The summed E-state index contributed by atoms with van der Waals surface area (Å²) in [7, 11) is 0. The largest absolute Gasteiger partial charge is 0.508 e. The lowest BCUT2D eigenvalue weighted by atomic mass is 9.99. The summed E-state index contributed by atoms with van der Waals surface area (Å²) in [5.74, 6) is -0.217. The number of phenolic OH excluding ortho intramolecular Hbond substituents is 2. The van der Waals surface area contributed by atoms with Crippen molar-refractivity contribution in [2.24, 2.45) is 0 Å². The van der Waals surface area contributed by atoms with Gasteiger partial charge < -0.3 is 44.5 Å². The van der Waals surface area contributed by atoms with Crippen molar-refractivity contribution in [1.82, 2.24) is 0 Å². The van der Waals surface area contributed by atoms with Crippen LogP contribution in [0.3, 0.4) is 0 Å². The van der Waals surface area contributed by atoms with Crippen LogP contribution >= 0.6 is 0 Å². The van der Waals surface area contributed by atoms with Crippen LogP contribution in [-0.2, 0) is 4.74 Å². The van der Waals surface area contributed by atoms with Crippen LogP contribution < -0.4 is 10.2 Å². The molecule has 2 heterocycles. The molecule has 1 aliphatic rings. The number of aliphatic hydroxyl groups is 4. The van der Waals surface area contributed by atoms with Crippen LogP contribution in [0.15, 0.2) is 45.6 Å². The van der Waals surface area contributed by atoms with Crippen LogP contribution in [0.25, 0.3) is 22.3 Å². The van der Waals surface area contributed by atoms with Gasteiger partial charge in [-0.25, -0.2) is 0 Å². The number of aryl methyl sites for hydroxylation is 1. The second-order valence-electron chi connectivity index (χ2n) is 7.61. The number of phenols is 2. The Kier molecular flexibility index (Phi) is 5.80. The Morgan fingerprint density at radius 1 is 0.969 bits per heavy atom. The van der Waals surface area contributed by atoms with Gasteiger partial charge in [0.2, 0.25) is 6.29 Å². The van der Waals surface area contributed by atoms with Crippen LogP contribution in [0.2, 0.25) is 0 Å². The summed E-state index contributed by atoms with van der Waals surface area (Å²) < 4.78 is 16.6. The summed E-state index contributed by atoms with van der Waals surface area (Å²) >= 11 is 0. The van der Waals surface area contributed by atoms with Gasteiger partial charge in [0.05, 0.1) is 6.61 Å². The molecule has 5 atom stereocenters. The van der Waals surface area contributed by atoms with Gasteiger partial charge in [0, 0.05) is 23.8 Å². The van der Waals surface area contributed by atoms with Crippen molar-refractivity contribution >= 4 is 11.0 Å². The number of hydrogen-bond acceptors (Lipinski definition) is 10. The minimum atomic E-state index is -1.65. The molecular weight excluding hydrogens is 424 g/mol. The molecule has 0 aliphatic carbocycles. The predicted molar refractivity (Wildman–Crippen MR) is 110 cm³/mol. The van der Waals surface area contributed by atoms with Crippen molar-refractivity contribution in [3.63, 3.8) is 0 Å². The lowest BCUT2D eigenvalue weighted by molar-refractivity contribution is -0.277. The first-order valence-electron chi connectivity index (χ1n) is 9.77. The van der Waals surface area contributed by atoms with Crippen LogP contribution in [0.4, 0.5) is 0 Å². The number of rotatable bonds is 4. The maximum Gasteiger partial charge on any atom is 0.229 e. The molecule has 3 aromatic rings. The first-order valence-corrected chi connectivity index (χ1v) is 9.77. The molecular formula is C22H22O10. The molecule has 5 unspecified atom stereocenters. The maximum absolute atomic E-state index is 12.6. The van der Waals surface area contributed by atoms with Gasteiger partial charge in [-0.05, 0) is 30.7 Å². The molecule has 0 bridgehead atoms. The Hall–Kier alpha value is -3.15. The fraction of sp³-hybridized carbons (Fsp3) is 0.318. The lowest BCUT2D eigenvalue weighted by Crippen LogP contribution is -2.60. The highest BCUT2D eigenvalue weighted by atomic mass is 16.7. The molecule has 1 saturated heterocycles. The number of aliphatic hydroxyl groups excluding tert-OH is 4.